The molecule has 1 aromatic heterocycles. The second-order valence-electron chi connectivity index (χ2n) is 8.52. The molecule has 0 aliphatic carbocycles. The van der Waals surface area contributed by atoms with E-state index < -0.39 is 0 Å². The standard InChI is InChI=1S/C23H30N4O3/c1-26(2)18-10-8-16(9-11-18)24-22(28)15-27-19-5-3-6-20(27)14-17(13-19)25-23(29)21-7-4-12-30-21/h4,7-12,17,19-20H,3,5-6,13-15H2,1-2H3,(H,24,28)(H,25,29)/t17?,19-,20+. The van der Waals surface area contributed by atoms with Gasteiger partial charge in [-0.1, -0.05) is 6.42 Å². The summed E-state index contributed by atoms with van der Waals surface area (Å²) in [6.45, 7) is 0.392. The van der Waals surface area contributed by atoms with E-state index >= 15 is 0 Å². The topological polar surface area (TPSA) is 77.8 Å². The minimum absolute atomic E-state index is 0.0163. The van der Waals surface area contributed by atoms with Crippen molar-refractivity contribution in [3.63, 3.8) is 0 Å². The quantitative estimate of drug-likeness (QED) is 0.765. The number of nitrogens with zero attached hydrogens (tertiary/aromatic N) is 2. The number of rotatable bonds is 6. The summed E-state index contributed by atoms with van der Waals surface area (Å²) in [6, 6.07) is 12.0. The molecule has 2 aliphatic heterocycles. The smallest absolute Gasteiger partial charge is 0.287 e. The molecule has 2 aromatic rings. The van der Waals surface area contributed by atoms with Gasteiger partial charge in [0, 0.05) is 43.6 Å². The van der Waals surface area contributed by atoms with Crippen LogP contribution in [0.3, 0.4) is 0 Å². The Hall–Kier alpha value is -2.80. The molecule has 2 aliphatic rings. The van der Waals surface area contributed by atoms with Gasteiger partial charge in [-0.2, -0.15) is 0 Å². The van der Waals surface area contributed by atoms with Gasteiger partial charge in [-0.3, -0.25) is 14.5 Å². The molecule has 2 N–H and O–H groups in total. The van der Waals surface area contributed by atoms with Crippen molar-refractivity contribution in [3.8, 4) is 0 Å². The van der Waals surface area contributed by atoms with Crippen LogP contribution in [0.2, 0.25) is 0 Å². The summed E-state index contributed by atoms with van der Waals surface area (Å²) in [4.78, 5) is 29.4. The molecule has 2 saturated heterocycles. The minimum Gasteiger partial charge on any atom is -0.459 e. The highest BCUT2D eigenvalue weighted by Gasteiger charge is 2.39. The van der Waals surface area contributed by atoms with Crippen molar-refractivity contribution in [1.29, 1.82) is 0 Å². The molecule has 2 amide bonds. The molecule has 160 valence electrons. The second-order valence-corrected chi connectivity index (χ2v) is 8.52. The van der Waals surface area contributed by atoms with Crippen molar-refractivity contribution in [3.05, 3.63) is 48.4 Å². The van der Waals surface area contributed by atoms with E-state index in [0.717, 1.165) is 37.1 Å². The Morgan fingerprint density at radius 3 is 2.40 bits per heavy atom. The van der Waals surface area contributed by atoms with Crippen LogP contribution in [0, 0.1) is 0 Å². The van der Waals surface area contributed by atoms with Crippen LogP contribution in [0.15, 0.2) is 47.1 Å². The maximum absolute atomic E-state index is 12.7. The van der Waals surface area contributed by atoms with E-state index in [1.807, 2.05) is 43.3 Å². The number of amides is 2. The SMILES string of the molecule is CN(C)c1ccc(NC(=O)CN2[C@@H]3CCC[C@H]2CC(NC(=O)c2ccco2)C3)cc1. The molecule has 1 aromatic carbocycles. The molecule has 4 rings (SSSR count). The fraction of sp³-hybridized carbons (Fsp3) is 0.478. The molecular weight excluding hydrogens is 380 g/mol. The first kappa shape index (κ1) is 20.5. The zero-order chi connectivity index (χ0) is 21.1. The van der Waals surface area contributed by atoms with Crippen LogP contribution in [0.5, 0.6) is 0 Å². The van der Waals surface area contributed by atoms with Gasteiger partial charge < -0.3 is 20.0 Å². The third kappa shape index (κ3) is 4.67. The average Bonchev–Trinajstić information content (AvgIpc) is 3.24. The van der Waals surface area contributed by atoms with Crippen molar-refractivity contribution in [2.24, 2.45) is 0 Å². The highest BCUT2D eigenvalue weighted by molar-refractivity contribution is 5.92. The predicted octanol–water partition coefficient (Wildman–Crippen LogP) is 3.10. The number of carbonyl (C=O) groups excluding carboxylic acids is 2. The van der Waals surface area contributed by atoms with Gasteiger partial charge in [-0.15, -0.1) is 0 Å². The number of nitrogens with one attached hydrogen (secondary N) is 2. The first-order chi connectivity index (χ1) is 14.5. The van der Waals surface area contributed by atoms with Crippen molar-refractivity contribution in [2.45, 2.75) is 50.2 Å². The number of benzene rings is 1. The summed E-state index contributed by atoms with van der Waals surface area (Å²) in [7, 11) is 3.99. The molecule has 7 heteroatoms. The van der Waals surface area contributed by atoms with Gasteiger partial charge in [0.2, 0.25) is 5.91 Å². The van der Waals surface area contributed by atoms with E-state index in [1.54, 1.807) is 12.1 Å². The second kappa shape index (κ2) is 8.92. The van der Waals surface area contributed by atoms with E-state index in [0.29, 0.717) is 24.4 Å². The molecule has 30 heavy (non-hydrogen) atoms. The molecule has 0 saturated carbocycles. The average molecular weight is 411 g/mol. The van der Waals surface area contributed by atoms with E-state index in [1.165, 1.54) is 12.7 Å². The number of hydrogen-bond acceptors (Lipinski definition) is 5. The van der Waals surface area contributed by atoms with E-state index in [-0.39, 0.29) is 17.9 Å². The van der Waals surface area contributed by atoms with Crippen LogP contribution in [0.4, 0.5) is 11.4 Å². The summed E-state index contributed by atoms with van der Waals surface area (Å²) < 4.78 is 5.20. The number of anilines is 2. The fourth-order valence-electron chi connectivity index (χ4n) is 4.73. The summed E-state index contributed by atoms with van der Waals surface area (Å²) in [5.74, 6) is 0.209. The first-order valence-corrected chi connectivity index (χ1v) is 10.7. The number of furan rings is 1. The van der Waals surface area contributed by atoms with Crippen molar-refractivity contribution in [1.82, 2.24) is 10.2 Å². The molecular formula is C23H30N4O3. The molecule has 2 bridgehead atoms. The third-order valence-corrected chi connectivity index (χ3v) is 6.20. The molecule has 0 radical (unpaired) electrons. The van der Waals surface area contributed by atoms with Crippen molar-refractivity contribution >= 4 is 23.2 Å². The number of carbonyl (C=O) groups is 2. The third-order valence-electron chi connectivity index (χ3n) is 6.20. The first-order valence-electron chi connectivity index (χ1n) is 10.7. The Labute approximate surface area is 177 Å². The molecule has 3 heterocycles. The van der Waals surface area contributed by atoms with Crippen LogP contribution < -0.4 is 15.5 Å². The van der Waals surface area contributed by atoms with Gasteiger partial charge in [-0.05, 0) is 62.1 Å². The van der Waals surface area contributed by atoms with E-state index in [4.69, 9.17) is 4.42 Å². The van der Waals surface area contributed by atoms with Crippen LogP contribution in [0.1, 0.15) is 42.7 Å². The lowest BCUT2D eigenvalue weighted by Crippen LogP contribution is -2.58. The van der Waals surface area contributed by atoms with Crippen molar-refractivity contribution in [2.75, 3.05) is 30.9 Å². The van der Waals surface area contributed by atoms with E-state index in [2.05, 4.69) is 15.5 Å². The lowest BCUT2D eigenvalue weighted by molar-refractivity contribution is -0.120. The zero-order valence-electron chi connectivity index (χ0n) is 17.6. The highest BCUT2D eigenvalue weighted by Crippen LogP contribution is 2.34. The summed E-state index contributed by atoms with van der Waals surface area (Å²) in [5, 5.41) is 6.14. The van der Waals surface area contributed by atoms with Gasteiger partial charge in [0.05, 0.1) is 12.8 Å². The normalized spacial score (nSPS) is 23.6. The fourth-order valence-corrected chi connectivity index (χ4v) is 4.73. The molecule has 1 unspecified atom stereocenters. The van der Waals surface area contributed by atoms with Gasteiger partial charge >= 0.3 is 0 Å². The number of hydrogen-bond donors (Lipinski definition) is 2. The molecule has 0 spiro atoms. The van der Waals surface area contributed by atoms with Crippen LogP contribution in [-0.4, -0.2) is 55.5 Å². The molecule has 2 fully saturated rings. The Morgan fingerprint density at radius 2 is 1.80 bits per heavy atom. The van der Waals surface area contributed by atoms with Crippen molar-refractivity contribution < 1.29 is 14.0 Å². The van der Waals surface area contributed by atoms with Gasteiger partial charge in [0.25, 0.3) is 5.91 Å². The maximum Gasteiger partial charge on any atom is 0.287 e. The Kier molecular flexibility index (Phi) is 6.08. The van der Waals surface area contributed by atoms with Crippen LogP contribution in [0.25, 0.3) is 0 Å². The largest absolute Gasteiger partial charge is 0.459 e. The predicted molar refractivity (Wildman–Crippen MR) is 117 cm³/mol. The van der Waals surface area contributed by atoms with Gasteiger partial charge in [0.15, 0.2) is 5.76 Å². The van der Waals surface area contributed by atoms with Crippen LogP contribution >= 0.6 is 0 Å². The zero-order valence-corrected chi connectivity index (χ0v) is 17.6. The molecule has 3 atom stereocenters. The highest BCUT2D eigenvalue weighted by atomic mass is 16.3. The summed E-state index contributed by atoms with van der Waals surface area (Å²) >= 11 is 0. The Balaban J connectivity index is 1.33. The maximum atomic E-state index is 12.7. The number of fused-ring (bicyclic) bond motifs is 2. The minimum atomic E-state index is -0.157. The monoisotopic (exact) mass is 410 g/mol. The summed E-state index contributed by atoms with van der Waals surface area (Å²) in [6.07, 6.45) is 6.56. The number of piperidine rings is 2. The lowest BCUT2D eigenvalue weighted by atomic mass is 9.81. The van der Waals surface area contributed by atoms with Gasteiger partial charge in [-0.25, -0.2) is 0 Å². The van der Waals surface area contributed by atoms with Gasteiger partial charge in [0.1, 0.15) is 0 Å². The lowest BCUT2D eigenvalue weighted by Gasteiger charge is -2.48. The Morgan fingerprint density at radius 1 is 1.10 bits per heavy atom. The summed E-state index contributed by atoms with van der Waals surface area (Å²) in [5.41, 5.74) is 1.91. The molecule has 7 nitrogen and oxygen atoms in total. The van der Waals surface area contributed by atoms with Crippen LogP contribution in [-0.2, 0) is 4.79 Å². The van der Waals surface area contributed by atoms with E-state index in [9.17, 15) is 9.59 Å². The Bertz CT molecular complexity index is 849.